The maximum absolute atomic E-state index is 12.2. The first-order valence-electron chi connectivity index (χ1n) is 8.58. The summed E-state index contributed by atoms with van der Waals surface area (Å²) in [6.45, 7) is 10.1. The SMILES string of the molecule is CC(OCCC1CCCN(C(=O)OC(C)(C)C)C1)c1ccc[nH]1. The first-order valence-corrected chi connectivity index (χ1v) is 8.58. The summed E-state index contributed by atoms with van der Waals surface area (Å²) in [4.78, 5) is 17.2. The van der Waals surface area contributed by atoms with Crippen LogP contribution in [-0.4, -0.2) is 41.3 Å². The van der Waals surface area contributed by atoms with Crippen LogP contribution in [0.5, 0.6) is 0 Å². The van der Waals surface area contributed by atoms with Crippen molar-refractivity contribution in [2.45, 2.75) is 58.7 Å². The summed E-state index contributed by atoms with van der Waals surface area (Å²) >= 11 is 0. The number of aromatic nitrogens is 1. The molecule has 1 amide bonds. The molecule has 1 aromatic heterocycles. The van der Waals surface area contributed by atoms with E-state index in [1.54, 1.807) is 0 Å². The fourth-order valence-corrected chi connectivity index (χ4v) is 2.89. The number of nitrogens with zero attached hydrogens (tertiary/aromatic N) is 1. The fourth-order valence-electron chi connectivity index (χ4n) is 2.89. The average molecular weight is 322 g/mol. The number of ether oxygens (including phenoxy) is 2. The molecule has 2 unspecified atom stereocenters. The molecule has 2 heterocycles. The van der Waals surface area contributed by atoms with E-state index in [4.69, 9.17) is 9.47 Å². The fraction of sp³-hybridized carbons (Fsp3) is 0.722. The second-order valence-corrected chi connectivity index (χ2v) is 7.36. The van der Waals surface area contributed by atoms with E-state index in [9.17, 15) is 4.79 Å². The third-order valence-electron chi connectivity index (χ3n) is 4.12. The van der Waals surface area contributed by atoms with Crippen molar-refractivity contribution in [2.75, 3.05) is 19.7 Å². The molecule has 1 saturated heterocycles. The van der Waals surface area contributed by atoms with Crippen LogP contribution in [0.2, 0.25) is 0 Å². The summed E-state index contributed by atoms with van der Waals surface area (Å²) in [6.07, 6.45) is 4.97. The highest BCUT2D eigenvalue weighted by atomic mass is 16.6. The summed E-state index contributed by atoms with van der Waals surface area (Å²) in [7, 11) is 0. The molecule has 0 bridgehead atoms. The Labute approximate surface area is 139 Å². The molecule has 0 spiro atoms. The molecule has 0 aliphatic carbocycles. The van der Waals surface area contributed by atoms with Crippen LogP contribution in [0.25, 0.3) is 0 Å². The molecule has 5 heteroatoms. The largest absolute Gasteiger partial charge is 0.444 e. The van der Waals surface area contributed by atoms with Gasteiger partial charge in [-0.15, -0.1) is 0 Å². The van der Waals surface area contributed by atoms with Crippen LogP contribution in [0.3, 0.4) is 0 Å². The number of aromatic amines is 1. The normalized spacial score (nSPS) is 20.3. The van der Waals surface area contributed by atoms with Crippen molar-refractivity contribution < 1.29 is 14.3 Å². The third kappa shape index (κ3) is 5.90. The van der Waals surface area contributed by atoms with Gasteiger partial charge < -0.3 is 19.4 Å². The van der Waals surface area contributed by atoms with Crippen LogP contribution in [-0.2, 0) is 9.47 Å². The molecule has 1 N–H and O–H groups in total. The molecule has 2 rings (SSSR count). The molecule has 23 heavy (non-hydrogen) atoms. The van der Waals surface area contributed by atoms with E-state index in [1.807, 2.05) is 44.0 Å². The molecule has 0 aromatic carbocycles. The van der Waals surface area contributed by atoms with E-state index >= 15 is 0 Å². The van der Waals surface area contributed by atoms with E-state index in [2.05, 4.69) is 11.9 Å². The van der Waals surface area contributed by atoms with Gasteiger partial charge in [0.2, 0.25) is 0 Å². The first kappa shape index (κ1) is 17.9. The highest BCUT2D eigenvalue weighted by Crippen LogP contribution is 2.23. The minimum Gasteiger partial charge on any atom is -0.444 e. The quantitative estimate of drug-likeness (QED) is 0.887. The van der Waals surface area contributed by atoms with Gasteiger partial charge in [0.05, 0.1) is 6.10 Å². The Balaban J connectivity index is 1.72. The number of piperidine rings is 1. The van der Waals surface area contributed by atoms with Crippen molar-refractivity contribution in [3.05, 3.63) is 24.0 Å². The van der Waals surface area contributed by atoms with Gasteiger partial charge in [0.1, 0.15) is 5.60 Å². The Kier molecular flexibility index (Phi) is 6.10. The Hall–Kier alpha value is -1.49. The number of rotatable bonds is 5. The topological polar surface area (TPSA) is 54.6 Å². The lowest BCUT2D eigenvalue weighted by Gasteiger charge is -2.34. The number of amides is 1. The summed E-state index contributed by atoms with van der Waals surface area (Å²) in [5, 5.41) is 0. The van der Waals surface area contributed by atoms with Crippen LogP contribution in [0.15, 0.2) is 18.3 Å². The predicted molar refractivity (Wildman–Crippen MR) is 90.3 cm³/mol. The minimum absolute atomic E-state index is 0.0792. The summed E-state index contributed by atoms with van der Waals surface area (Å²) in [5.41, 5.74) is 0.669. The van der Waals surface area contributed by atoms with Gasteiger partial charge in [-0.1, -0.05) is 0 Å². The second-order valence-electron chi connectivity index (χ2n) is 7.36. The van der Waals surface area contributed by atoms with E-state index in [0.29, 0.717) is 12.5 Å². The monoisotopic (exact) mass is 322 g/mol. The van der Waals surface area contributed by atoms with Crippen molar-refractivity contribution >= 4 is 6.09 Å². The lowest BCUT2D eigenvalue weighted by Crippen LogP contribution is -2.43. The van der Waals surface area contributed by atoms with Crippen molar-refractivity contribution in [3.63, 3.8) is 0 Å². The first-order chi connectivity index (χ1) is 10.8. The smallest absolute Gasteiger partial charge is 0.410 e. The lowest BCUT2D eigenvalue weighted by atomic mass is 9.95. The van der Waals surface area contributed by atoms with E-state index in [0.717, 1.165) is 38.0 Å². The van der Waals surface area contributed by atoms with Crippen LogP contribution in [0.1, 0.15) is 58.8 Å². The van der Waals surface area contributed by atoms with Gasteiger partial charge in [-0.05, 0) is 65.0 Å². The van der Waals surface area contributed by atoms with Crippen LogP contribution in [0.4, 0.5) is 4.79 Å². The van der Waals surface area contributed by atoms with Gasteiger partial charge in [0, 0.05) is 31.6 Å². The third-order valence-corrected chi connectivity index (χ3v) is 4.12. The number of hydrogen-bond acceptors (Lipinski definition) is 3. The van der Waals surface area contributed by atoms with Crippen molar-refractivity contribution in [2.24, 2.45) is 5.92 Å². The number of H-pyrrole nitrogens is 1. The van der Waals surface area contributed by atoms with Gasteiger partial charge in [-0.2, -0.15) is 0 Å². The molecule has 5 nitrogen and oxygen atoms in total. The van der Waals surface area contributed by atoms with Gasteiger partial charge in [0.25, 0.3) is 0 Å². The summed E-state index contributed by atoms with van der Waals surface area (Å²) in [6, 6.07) is 4.02. The highest BCUT2D eigenvalue weighted by molar-refractivity contribution is 5.68. The Morgan fingerprint density at radius 3 is 2.91 bits per heavy atom. The zero-order valence-electron chi connectivity index (χ0n) is 14.8. The molecule has 2 atom stereocenters. The van der Waals surface area contributed by atoms with E-state index in [1.165, 1.54) is 0 Å². The maximum atomic E-state index is 12.2. The van der Waals surface area contributed by atoms with Crippen molar-refractivity contribution in [1.29, 1.82) is 0 Å². The molecule has 0 radical (unpaired) electrons. The highest BCUT2D eigenvalue weighted by Gasteiger charge is 2.27. The van der Waals surface area contributed by atoms with Crippen LogP contribution in [0, 0.1) is 5.92 Å². The zero-order valence-corrected chi connectivity index (χ0v) is 14.8. The van der Waals surface area contributed by atoms with Crippen LogP contribution >= 0.6 is 0 Å². The maximum Gasteiger partial charge on any atom is 0.410 e. The Bertz CT molecular complexity index is 479. The molecule has 1 aromatic rings. The molecule has 1 aliphatic rings. The minimum atomic E-state index is -0.432. The zero-order chi connectivity index (χ0) is 16.9. The van der Waals surface area contributed by atoms with E-state index < -0.39 is 5.60 Å². The molecule has 0 saturated carbocycles. The van der Waals surface area contributed by atoms with Gasteiger partial charge >= 0.3 is 6.09 Å². The van der Waals surface area contributed by atoms with Gasteiger partial charge in [-0.3, -0.25) is 0 Å². The van der Waals surface area contributed by atoms with Gasteiger partial charge in [0.15, 0.2) is 0 Å². The molecular formula is C18H30N2O3. The average Bonchev–Trinajstić information content (AvgIpc) is 3.00. The second kappa shape index (κ2) is 7.86. The number of likely N-dealkylation sites (tertiary alicyclic amines) is 1. The molecule has 1 aliphatic heterocycles. The Morgan fingerprint density at radius 2 is 2.26 bits per heavy atom. The predicted octanol–water partition coefficient (Wildman–Crippen LogP) is 4.13. The van der Waals surface area contributed by atoms with Crippen molar-refractivity contribution in [3.8, 4) is 0 Å². The van der Waals surface area contributed by atoms with Gasteiger partial charge in [-0.25, -0.2) is 4.79 Å². The standard InChI is InChI=1S/C18H30N2O3/c1-14(16-8-5-10-19-16)22-12-9-15-7-6-11-20(13-15)17(21)23-18(2,3)4/h5,8,10,14-15,19H,6-7,9,11-13H2,1-4H3. The number of carbonyl (C=O) groups excluding carboxylic acids is 1. The lowest BCUT2D eigenvalue weighted by molar-refractivity contribution is 0.0104. The Morgan fingerprint density at radius 1 is 1.48 bits per heavy atom. The number of nitrogens with one attached hydrogen (secondary N) is 1. The molecule has 1 fully saturated rings. The number of hydrogen-bond donors (Lipinski definition) is 1. The molecule has 130 valence electrons. The summed E-state index contributed by atoms with van der Waals surface area (Å²) in [5.74, 6) is 0.493. The van der Waals surface area contributed by atoms with E-state index in [-0.39, 0.29) is 12.2 Å². The summed E-state index contributed by atoms with van der Waals surface area (Å²) < 4.78 is 11.4. The van der Waals surface area contributed by atoms with Crippen LogP contribution < -0.4 is 0 Å². The van der Waals surface area contributed by atoms with Crippen molar-refractivity contribution in [1.82, 2.24) is 9.88 Å². The number of carbonyl (C=O) groups is 1. The molecular weight excluding hydrogens is 292 g/mol.